The highest BCUT2D eigenvalue weighted by atomic mass is 16.5. The lowest BCUT2D eigenvalue weighted by atomic mass is 10.2. The van der Waals surface area contributed by atoms with Crippen molar-refractivity contribution in [2.75, 3.05) is 30.0 Å². The Hall–Kier alpha value is -3.02. The number of hydrogen-bond acceptors (Lipinski definition) is 3. The van der Waals surface area contributed by atoms with Gasteiger partial charge in [0.1, 0.15) is 5.75 Å². The minimum atomic E-state index is -0.213. The smallest absolute Gasteiger partial charge is 0.322 e. The van der Waals surface area contributed by atoms with Crippen LogP contribution in [-0.2, 0) is 4.79 Å². The molecule has 3 amide bonds. The van der Waals surface area contributed by atoms with E-state index in [1.807, 2.05) is 61.5 Å². The van der Waals surface area contributed by atoms with E-state index in [1.165, 1.54) is 0 Å². The number of para-hydroxylation sites is 1. The average Bonchev–Trinajstić information content (AvgIpc) is 3.03. The molecule has 1 N–H and O–H groups in total. The Balaban J connectivity index is 1.65. The summed E-state index contributed by atoms with van der Waals surface area (Å²) in [6.07, 6.45) is 0.296. The first kappa shape index (κ1) is 17.8. The Morgan fingerprint density at radius 1 is 1.19 bits per heavy atom. The number of methoxy groups -OCH3 is 1. The Kier molecular flexibility index (Phi) is 5.41. The number of nitrogens with one attached hydrogen (secondary N) is 1. The van der Waals surface area contributed by atoms with Crippen molar-refractivity contribution in [3.05, 3.63) is 54.6 Å². The van der Waals surface area contributed by atoms with Crippen LogP contribution in [0.2, 0.25) is 0 Å². The van der Waals surface area contributed by atoms with Crippen LogP contribution in [0, 0.1) is 0 Å². The molecule has 26 heavy (non-hydrogen) atoms. The number of benzene rings is 2. The maximum Gasteiger partial charge on any atom is 0.322 e. The highest BCUT2D eigenvalue weighted by molar-refractivity contribution is 5.98. The van der Waals surface area contributed by atoms with E-state index in [9.17, 15) is 9.59 Å². The zero-order chi connectivity index (χ0) is 18.5. The van der Waals surface area contributed by atoms with Gasteiger partial charge in [-0.3, -0.25) is 9.69 Å². The van der Waals surface area contributed by atoms with Gasteiger partial charge < -0.3 is 15.0 Å². The predicted molar refractivity (Wildman–Crippen MR) is 102 cm³/mol. The third-order valence-electron chi connectivity index (χ3n) is 4.47. The predicted octanol–water partition coefficient (Wildman–Crippen LogP) is 3.04. The lowest BCUT2D eigenvalue weighted by Gasteiger charge is -2.24. The van der Waals surface area contributed by atoms with Gasteiger partial charge in [-0.25, -0.2) is 4.79 Å². The first-order valence-electron chi connectivity index (χ1n) is 8.70. The van der Waals surface area contributed by atoms with E-state index >= 15 is 0 Å². The zero-order valence-electron chi connectivity index (χ0n) is 15.0. The maximum atomic E-state index is 12.6. The standard InChI is InChI=1S/C20H23N3O3/c1-3-22(16-7-5-4-6-8-16)20(25)21-15-13-19(24)23(14-15)17-9-11-18(26-2)12-10-17/h4-12,15H,3,13-14H2,1-2H3,(H,21,25). The second-order valence-electron chi connectivity index (χ2n) is 6.13. The summed E-state index contributed by atoms with van der Waals surface area (Å²) in [7, 11) is 1.60. The highest BCUT2D eigenvalue weighted by Crippen LogP contribution is 2.24. The first-order valence-corrected chi connectivity index (χ1v) is 8.70. The van der Waals surface area contributed by atoms with Gasteiger partial charge in [-0.1, -0.05) is 18.2 Å². The number of carbonyl (C=O) groups excluding carboxylic acids is 2. The molecule has 1 aliphatic rings. The highest BCUT2D eigenvalue weighted by Gasteiger charge is 2.32. The Morgan fingerprint density at radius 3 is 2.50 bits per heavy atom. The van der Waals surface area contributed by atoms with Gasteiger partial charge in [0.05, 0.1) is 13.2 Å². The van der Waals surface area contributed by atoms with Crippen LogP contribution in [0.5, 0.6) is 5.75 Å². The SMILES string of the molecule is CCN(C(=O)NC1CC(=O)N(c2ccc(OC)cc2)C1)c1ccccc1. The largest absolute Gasteiger partial charge is 0.497 e. The van der Waals surface area contributed by atoms with E-state index < -0.39 is 0 Å². The van der Waals surface area contributed by atoms with Gasteiger partial charge in [-0.05, 0) is 43.3 Å². The summed E-state index contributed by atoms with van der Waals surface area (Å²) >= 11 is 0. The Bertz CT molecular complexity index is 762. The van der Waals surface area contributed by atoms with Crippen molar-refractivity contribution < 1.29 is 14.3 Å². The number of ether oxygens (including phenoxy) is 1. The molecular formula is C20H23N3O3. The summed E-state index contributed by atoms with van der Waals surface area (Å²) in [4.78, 5) is 28.4. The van der Waals surface area contributed by atoms with Crippen LogP contribution in [0.4, 0.5) is 16.2 Å². The number of hydrogen-bond donors (Lipinski definition) is 1. The fourth-order valence-corrected chi connectivity index (χ4v) is 3.12. The van der Waals surface area contributed by atoms with Gasteiger partial charge in [0.2, 0.25) is 5.91 Å². The number of urea groups is 1. The summed E-state index contributed by atoms with van der Waals surface area (Å²) in [6.45, 7) is 2.94. The zero-order valence-corrected chi connectivity index (χ0v) is 15.0. The molecule has 1 saturated heterocycles. The van der Waals surface area contributed by atoms with Crippen LogP contribution >= 0.6 is 0 Å². The molecule has 1 unspecified atom stereocenters. The Labute approximate surface area is 153 Å². The molecule has 1 heterocycles. The van der Waals surface area contributed by atoms with Gasteiger partial charge in [-0.15, -0.1) is 0 Å². The topological polar surface area (TPSA) is 61.9 Å². The summed E-state index contributed by atoms with van der Waals surface area (Å²) in [6, 6.07) is 16.4. The Morgan fingerprint density at radius 2 is 1.88 bits per heavy atom. The van der Waals surface area contributed by atoms with Crippen LogP contribution < -0.4 is 19.9 Å². The number of anilines is 2. The molecule has 0 aromatic heterocycles. The summed E-state index contributed by atoms with van der Waals surface area (Å²) in [5.41, 5.74) is 1.65. The van der Waals surface area contributed by atoms with E-state index in [0.717, 1.165) is 17.1 Å². The molecule has 2 aromatic rings. The normalized spacial score (nSPS) is 16.5. The third-order valence-corrected chi connectivity index (χ3v) is 4.47. The van der Waals surface area contributed by atoms with Gasteiger partial charge in [0.15, 0.2) is 0 Å². The minimum Gasteiger partial charge on any atom is -0.497 e. The fraction of sp³-hybridized carbons (Fsp3) is 0.300. The molecule has 1 fully saturated rings. The molecule has 2 aromatic carbocycles. The number of rotatable bonds is 5. The van der Waals surface area contributed by atoms with Gasteiger partial charge in [0.25, 0.3) is 0 Å². The maximum absolute atomic E-state index is 12.6. The van der Waals surface area contributed by atoms with E-state index in [0.29, 0.717) is 19.5 Å². The molecule has 1 aliphatic heterocycles. The van der Waals surface area contributed by atoms with E-state index in [1.54, 1.807) is 16.9 Å². The average molecular weight is 353 g/mol. The molecule has 0 aliphatic carbocycles. The van der Waals surface area contributed by atoms with Crippen molar-refractivity contribution in [1.82, 2.24) is 5.32 Å². The number of nitrogens with zero attached hydrogens (tertiary/aromatic N) is 2. The van der Waals surface area contributed by atoms with E-state index in [4.69, 9.17) is 4.74 Å². The third kappa shape index (κ3) is 3.79. The molecule has 0 spiro atoms. The van der Waals surface area contributed by atoms with Crippen LogP contribution in [0.25, 0.3) is 0 Å². The molecule has 1 atom stereocenters. The molecule has 3 rings (SSSR count). The summed E-state index contributed by atoms with van der Waals surface area (Å²) in [5, 5.41) is 2.98. The minimum absolute atomic E-state index is 0.00299. The van der Waals surface area contributed by atoms with Crippen LogP contribution in [0.1, 0.15) is 13.3 Å². The van der Waals surface area contributed by atoms with Crippen LogP contribution in [0.3, 0.4) is 0 Å². The second kappa shape index (κ2) is 7.91. The van der Waals surface area contributed by atoms with Gasteiger partial charge in [0, 0.05) is 30.9 Å². The molecule has 6 heteroatoms. The summed E-state index contributed by atoms with van der Waals surface area (Å²) < 4.78 is 5.15. The lowest BCUT2D eigenvalue weighted by molar-refractivity contribution is -0.117. The van der Waals surface area contributed by atoms with Gasteiger partial charge >= 0.3 is 6.03 Å². The molecule has 0 saturated carbocycles. The van der Waals surface area contributed by atoms with Crippen LogP contribution in [0.15, 0.2) is 54.6 Å². The number of carbonyl (C=O) groups is 2. The number of amides is 3. The van der Waals surface area contributed by atoms with Crippen LogP contribution in [-0.4, -0.2) is 38.2 Å². The van der Waals surface area contributed by atoms with Crippen molar-refractivity contribution in [2.45, 2.75) is 19.4 Å². The first-order chi connectivity index (χ1) is 12.6. The molecular weight excluding hydrogens is 330 g/mol. The van der Waals surface area contributed by atoms with Crippen molar-refractivity contribution in [2.24, 2.45) is 0 Å². The van der Waals surface area contributed by atoms with Crippen molar-refractivity contribution in [3.8, 4) is 5.75 Å². The van der Waals surface area contributed by atoms with Crippen molar-refractivity contribution in [3.63, 3.8) is 0 Å². The molecule has 0 bridgehead atoms. The lowest BCUT2D eigenvalue weighted by Crippen LogP contribution is -2.46. The van der Waals surface area contributed by atoms with E-state index in [2.05, 4.69) is 5.32 Å². The van der Waals surface area contributed by atoms with Gasteiger partial charge in [-0.2, -0.15) is 0 Å². The molecule has 136 valence electrons. The van der Waals surface area contributed by atoms with Crippen molar-refractivity contribution in [1.29, 1.82) is 0 Å². The second-order valence-corrected chi connectivity index (χ2v) is 6.13. The fourth-order valence-electron chi connectivity index (χ4n) is 3.12. The monoisotopic (exact) mass is 353 g/mol. The molecule has 6 nitrogen and oxygen atoms in total. The summed E-state index contributed by atoms with van der Waals surface area (Å²) in [5.74, 6) is 0.745. The van der Waals surface area contributed by atoms with Crippen molar-refractivity contribution >= 4 is 23.3 Å². The molecule has 0 radical (unpaired) electrons. The quantitative estimate of drug-likeness (QED) is 0.899. The van der Waals surface area contributed by atoms with E-state index in [-0.39, 0.29) is 18.0 Å².